The first kappa shape index (κ1) is 67.8. The third kappa shape index (κ3) is 21.3. The van der Waals surface area contributed by atoms with Crippen LogP contribution in [0.2, 0.25) is 0 Å². The number of nitrogens with zero attached hydrogens (tertiary/aromatic N) is 4. The molecular formula is C52H95N9O12. The van der Waals surface area contributed by atoms with Crippen molar-refractivity contribution in [3.63, 3.8) is 0 Å². The van der Waals surface area contributed by atoms with Crippen LogP contribution in [0.5, 0.6) is 0 Å². The van der Waals surface area contributed by atoms with Crippen LogP contribution >= 0.6 is 0 Å². The van der Waals surface area contributed by atoms with Crippen LogP contribution in [0.25, 0.3) is 0 Å². The van der Waals surface area contributed by atoms with Crippen molar-refractivity contribution in [3.05, 3.63) is 12.2 Å². The SMILES string of the molecule is C/C=C/C[C@@H](C)[C@@H](O)[C@@H](C(=O)N[C@H](C(=O)O)[C@@H](C)O)N(C)C(=O)[C@H](C(C)C)N(C)C(=O)[C@H](CC(C)C)NC(=O)[C@H](CC(C)C)N(C)C(=O)[C@@H](C)NC(=O)[C@H](C)NC(=O)[C@H](CC(C)C)N(C)C(=O)[C@@H](N)CC(C)C. The Bertz CT molecular complexity index is 1870. The van der Waals surface area contributed by atoms with Crippen molar-refractivity contribution in [2.75, 3.05) is 28.2 Å². The Morgan fingerprint density at radius 2 is 0.945 bits per heavy atom. The van der Waals surface area contributed by atoms with Crippen molar-refractivity contribution in [1.29, 1.82) is 0 Å². The fourth-order valence-corrected chi connectivity index (χ4v) is 8.61. The second-order valence-corrected chi connectivity index (χ2v) is 21.9. The van der Waals surface area contributed by atoms with Crippen molar-refractivity contribution in [1.82, 2.24) is 40.9 Å². The Balaban J connectivity index is 6.71. The number of hydrogen-bond donors (Lipinski definition) is 8. The van der Waals surface area contributed by atoms with Gasteiger partial charge in [0.1, 0.15) is 42.3 Å². The molecule has 420 valence electrons. The third-order valence-electron chi connectivity index (χ3n) is 12.8. The first-order valence-electron chi connectivity index (χ1n) is 25.8. The highest BCUT2D eigenvalue weighted by atomic mass is 16.4. The Morgan fingerprint density at radius 3 is 1.37 bits per heavy atom. The second-order valence-electron chi connectivity index (χ2n) is 21.9. The van der Waals surface area contributed by atoms with Gasteiger partial charge in [0.2, 0.25) is 47.3 Å². The summed E-state index contributed by atoms with van der Waals surface area (Å²) >= 11 is 0. The Kier molecular flexibility index (Phi) is 29.3. The van der Waals surface area contributed by atoms with E-state index in [2.05, 4.69) is 21.3 Å². The Labute approximate surface area is 435 Å². The topological polar surface area (TPSA) is 301 Å². The molecule has 0 saturated carbocycles. The predicted octanol–water partition coefficient (Wildman–Crippen LogP) is 1.87. The first-order valence-corrected chi connectivity index (χ1v) is 25.8. The summed E-state index contributed by atoms with van der Waals surface area (Å²) < 4.78 is 0. The average Bonchev–Trinajstić information content (AvgIpc) is 3.28. The van der Waals surface area contributed by atoms with E-state index in [1.807, 2.05) is 55.4 Å². The molecule has 0 radical (unpaired) electrons. The lowest BCUT2D eigenvalue weighted by Crippen LogP contribution is -2.63. The number of amides is 8. The van der Waals surface area contributed by atoms with Gasteiger partial charge in [0, 0.05) is 28.2 Å². The molecule has 0 bridgehead atoms. The maximum Gasteiger partial charge on any atom is 0.328 e. The molecule has 73 heavy (non-hydrogen) atoms. The molecule has 0 aliphatic rings. The Hall–Kier alpha value is -5.15. The van der Waals surface area contributed by atoms with Crippen LogP contribution in [0.1, 0.15) is 136 Å². The van der Waals surface area contributed by atoms with Crippen molar-refractivity contribution in [3.8, 4) is 0 Å². The quantitative estimate of drug-likeness (QED) is 0.0461. The van der Waals surface area contributed by atoms with E-state index in [-0.39, 0.29) is 36.5 Å². The zero-order valence-electron chi connectivity index (χ0n) is 47.4. The van der Waals surface area contributed by atoms with Crippen LogP contribution < -0.4 is 27.0 Å². The molecule has 21 nitrogen and oxygen atoms in total. The molecule has 12 atom stereocenters. The highest BCUT2D eigenvalue weighted by molar-refractivity contribution is 5.98. The van der Waals surface area contributed by atoms with Crippen LogP contribution in [-0.4, -0.2) is 183 Å². The van der Waals surface area contributed by atoms with E-state index >= 15 is 0 Å². The van der Waals surface area contributed by atoms with Gasteiger partial charge in [0.05, 0.1) is 18.2 Å². The minimum absolute atomic E-state index is 0.0107. The van der Waals surface area contributed by atoms with E-state index < -0.39 is 132 Å². The normalized spacial score (nSPS) is 16.8. The van der Waals surface area contributed by atoms with Crippen LogP contribution in [0.3, 0.4) is 0 Å². The molecule has 9 N–H and O–H groups in total. The fraction of sp³-hybridized carbons (Fsp3) is 0.788. The van der Waals surface area contributed by atoms with Crippen molar-refractivity contribution in [2.45, 2.75) is 203 Å². The molecule has 0 unspecified atom stereocenters. The number of rotatable bonds is 31. The summed E-state index contributed by atoms with van der Waals surface area (Å²) in [7, 11) is 5.56. The van der Waals surface area contributed by atoms with E-state index in [1.165, 1.54) is 63.7 Å². The van der Waals surface area contributed by atoms with Crippen molar-refractivity contribution in [2.24, 2.45) is 41.2 Å². The smallest absolute Gasteiger partial charge is 0.328 e. The van der Waals surface area contributed by atoms with Crippen LogP contribution in [-0.2, 0) is 43.2 Å². The van der Waals surface area contributed by atoms with Gasteiger partial charge in [-0.1, -0.05) is 88.3 Å². The molecule has 0 aromatic carbocycles. The molecule has 0 heterocycles. The molecule has 0 aromatic heterocycles. The van der Waals surface area contributed by atoms with E-state index in [9.17, 15) is 58.5 Å². The zero-order valence-corrected chi connectivity index (χ0v) is 47.4. The number of hydrogen-bond acceptors (Lipinski definition) is 12. The minimum atomic E-state index is -1.76. The number of carbonyl (C=O) groups is 9. The van der Waals surface area contributed by atoms with Crippen LogP contribution in [0, 0.1) is 35.5 Å². The summed E-state index contributed by atoms with van der Waals surface area (Å²) in [5.41, 5.74) is 6.17. The van der Waals surface area contributed by atoms with Gasteiger partial charge in [0.15, 0.2) is 6.04 Å². The standard InChI is InChI=1S/C52H95N9O12/c1-20-21-22-32(12)43(63)42(47(67)57-40(35(15)62)52(72)73)61(19)51(71)41(31(10)11)60(18)50(70)37(24-28(4)5)56-46(66)39(26-30(8)9)58(16)48(68)34(14)55-44(64)33(13)54-45(65)38(25-29(6)7)59(17)49(69)36(53)23-27(2)3/h20-21,27-43,62-63H,22-26,53H2,1-19H3,(H,54,65)(H,55,64)(H,56,66)(H,57,67)(H,72,73)/b21-20+/t32-,33+,34-,35-,36+,37+,38+,39+,40+,41+,42+,43-/m1/s1. The highest BCUT2D eigenvalue weighted by Crippen LogP contribution is 2.23. The summed E-state index contributed by atoms with van der Waals surface area (Å²) in [5, 5.41) is 41.8. The summed E-state index contributed by atoms with van der Waals surface area (Å²) in [4.78, 5) is 128. The van der Waals surface area contributed by atoms with E-state index in [0.29, 0.717) is 19.3 Å². The first-order chi connectivity index (χ1) is 33.5. The zero-order chi connectivity index (χ0) is 57.1. The molecule has 0 spiro atoms. The molecule has 0 rings (SSSR count). The lowest BCUT2D eigenvalue weighted by molar-refractivity contribution is -0.155. The summed E-state index contributed by atoms with van der Waals surface area (Å²) in [6, 6.07) is -11.1. The van der Waals surface area contributed by atoms with Gasteiger partial charge >= 0.3 is 5.97 Å². The number of nitrogens with one attached hydrogen (secondary N) is 4. The van der Waals surface area contributed by atoms with Gasteiger partial charge in [0.25, 0.3) is 0 Å². The van der Waals surface area contributed by atoms with Crippen LogP contribution in [0.15, 0.2) is 12.2 Å². The number of carbonyl (C=O) groups excluding carboxylic acids is 8. The monoisotopic (exact) mass is 1040 g/mol. The number of aliphatic carboxylic acids is 1. The third-order valence-corrected chi connectivity index (χ3v) is 12.8. The molecule has 0 aliphatic heterocycles. The Morgan fingerprint density at radius 1 is 0.507 bits per heavy atom. The number of nitrogens with two attached hydrogens (primary N) is 1. The van der Waals surface area contributed by atoms with E-state index in [0.717, 1.165) is 4.90 Å². The van der Waals surface area contributed by atoms with Gasteiger partial charge in [-0.05, 0) is 95.3 Å². The number of likely N-dealkylation sites (N-methyl/N-ethyl adjacent to an activating group) is 4. The summed E-state index contributed by atoms with van der Waals surface area (Å²) in [6.07, 6.45) is 1.75. The fourth-order valence-electron chi connectivity index (χ4n) is 8.61. The largest absolute Gasteiger partial charge is 0.480 e. The number of carboxylic acids is 1. The van der Waals surface area contributed by atoms with Gasteiger partial charge in [-0.3, -0.25) is 38.4 Å². The molecule has 21 heteroatoms. The lowest BCUT2D eigenvalue weighted by Gasteiger charge is -2.40. The molecular weight excluding hydrogens is 943 g/mol. The summed E-state index contributed by atoms with van der Waals surface area (Å²) in [5.74, 6) is -8.34. The van der Waals surface area contributed by atoms with Gasteiger partial charge in [-0.15, -0.1) is 0 Å². The highest BCUT2D eigenvalue weighted by Gasteiger charge is 2.44. The van der Waals surface area contributed by atoms with Gasteiger partial charge in [-0.2, -0.15) is 0 Å². The maximum absolute atomic E-state index is 14.6. The second kappa shape index (κ2) is 31.6. The van der Waals surface area contributed by atoms with E-state index in [4.69, 9.17) is 5.73 Å². The number of carboxylic acid groups (broad SMARTS) is 1. The van der Waals surface area contributed by atoms with Crippen LogP contribution in [0.4, 0.5) is 0 Å². The van der Waals surface area contributed by atoms with Crippen molar-refractivity contribution < 1.29 is 58.5 Å². The molecule has 0 fully saturated rings. The predicted molar refractivity (Wildman–Crippen MR) is 280 cm³/mol. The van der Waals surface area contributed by atoms with Gasteiger partial charge in [-0.25, -0.2) is 4.79 Å². The number of aliphatic hydroxyl groups excluding tert-OH is 2. The average molecular weight is 1040 g/mol. The minimum Gasteiger partial charge on any atom is -0.480 e. The lowest BCUT2D eigenvalue weighted by atomic mass is 9.91. The molecule has 8 amide bonds. The summed E-state index contributed by atoms with van der Waals surface area (Å²) in [6.45, 7) is 25.9. The molecule has 0 aromatic rings. The molecule has 0 saturated heterocycles. The van der Waals surface area contributed by atoms with Crippen molar-refractivity contribution >= 4 is 53.2 Å². The van der Waals surface area contributed by atoms with E-state index in [1.54, 1.807) is 39.8 Å². The number of allylic oxidation sites excluding steroid dienone is 2. The molecule has 0 aliphatic carbocycles. The van der Waals surface area contributed by atoms with Gasteiger partial charge < -0.3 is 61.9 Å². The maximum atomic E-state index is 14.6. The number of aliphatic hydroxyl groups is 2.